The number of halogens is 2. The number of aryl methyl sites for hydroxylation is 2. The van der Waals surface area contributed by atoms with Gasteiger partial charge in [-0.15, -0.1) is 0 Å². The molecule has 1 heterocycles. The van der Waals surface area contributed by atoms with Crippen LogP contribution in [0.3, 0.4) is 0 Å². The first-order chi connectivity index (χ1) is 9.92. The van der Waals surface area contributed by atoms with Crippen LogP contribution in [0.2, 0.25) is 0 Å². The number of rotatable bonds is 5. The molecule has 5 nitrogen and oxygen atoms in total. The van der Waals surface area contributed by atoms with E-state index in [2.05, 4.69) is 10.4 Å². The highest BCUT2D eigenvalue weighted by Gasteiger charge is 2.15. The average molecular weight is 295 g/mol. The topological polar surface area (TPSA) is 67.2 Å². The van der Waals surface area contributed by atoms with E-state index in [4.69, 9.17) is 5.11 Å². The smallest absolute Gasteiger partial charge is 0.338 e. The molecule has 2 N–H and O–H groups in total. The largest absolute Gasteiger partial charge is 0.478 e. The van der Waals surface area contributed by atoms with Crippen molar-refractivity contribution in [2.75, 3.05) is 5.32 Å². The zero-order valence-corrected chi connectivity index (χ0v) is 11.7. The van der Waals surface area contributed by atoms with Crippen LogP contribution in [0.25, 0.3) is 0 Å². The van der Waals surface area contributed by atoms with E-state index in [0.29, 0.717) is 6.07 Å². The number of carboxylic acids is 1. The molecule has 0 amide bonds. The standard InChI is InChI=1S/C14H15F2N3O2/c1-3-12-8(7-19(2)18-12)6-17-13-4-9(14(20)21)10(15)5-11(13)16/h4-5,7,17H,3,6H2,1-2H3,(H,20,21). The first-order valence-electron chi connectivity index (χ1n) is 6.40. The maximum absolute atomic E-state index is 13.7. The Hall–Kier alpha value is -2.44. The Labute approximate surface area is 120 Å². The minimum absolute atomic E-state index is 0.0558. The minimum atomic E-state index is -1.44. The maximum Gasteiger partial charge on any atom is 0.338 e. The Bertz CT molecular complexity index is 683. The van der Waals surface area contributed by atoms with Gasteiger partial charge >= 0.3 is 5.97 Å². The van der Waals surface area contributed by atoms with Crippen molar-refractivity contribution in [3.8, 4) is 0 Å². The van der Waals surface area contributed by atoms with Crippen molar-refractivity contribution in [3.05, 3.63) is 46.8 Å². The molecule has 0 aliphatic heterocycles. The summed E-state index contributed by atoms with van der Waals surface area (Å²) in [6.07, 6.45) is 2.52. The molecule has 0 bridgehead atoms. The molecule has 112 valence electrons. The third-order valence-electron chi connectivity index (χ3n) is 3.08. The lowest BCUT2D eigenvalue weighted by molar-refractivity contribution is 0.0692. The first-order valence-corrected chi connectivity index (χ1v) is 6.40. The van der Waals surface area contributed by atoms with E-state index in [1.807, 2.05) is 6.92 Å². The van der Waals surface area contributed by atoms with Crippen molar-refractivity contribution in [2.24, 2.45) is 7.05 Å². The molecule has 0 atom stereocenters. The van der Waals surface area contributed by atoms with Gasteiger partial charge in [0.1, 0.15) is 11.6 Å². The maximum atomic E-state index is 13.7. The normalized spacial score (nSPS) is 10.7. The Balaban J connectivity index is 2.23. The number of aromatic carboxylic acids is 1. The van der Waals surface area contributed by atoms with Gasteiger partial charge in [-0.3, -0.25) is 4.68 Å². The van der Waals surface area contributed by atoms with E-state index in [1.54, 1.807) is 17.9 Å². The predicted octanol–water partition coefficient (Wildman–Crippen LogP) is 2.57. The van der Waals surface area contributed by atoms with Crippen molar-refractivity contribution >= 4 is 11.7 Å². The van der Waals surface area contributed by atoms with Gasteiger partial charge in [-0.05, 0) is 12.5 Å². The minimum Gasteiger partial charge on any atom is -0.478 e. The quantitative estimate of drug-likeness (QED) is 0.889. The van der Waals surface area contributed by atoms with Gasteiger partial charge in [-0.25, -0.2) is 13.6 Å². The summed E-state index contributed by atoms with van der Waals surface area (Å²) in [6.45, 7) is 2.23. The van der Waals surface area contributed by atoms with E-state index in [1.165, 1.54) is 0 Å². The summed E-state index contributed by atoms with van der Waals surface area (Å²) >= 11 is 0. The van der Waals surface area contributed by atoms with E-state index >= 15 is 0 Å². The number of carboxylic acid groups (broad SMARTS) is 1. The van der Waals surface area contributed by atoms with Crippen LogP contribution >= 0.6 is 0 Å². The fourth-order valence-corrected chi connectivity index (χ4v) is 2.07. The van der Waals surface area contributed by atoms with Gasteiger partial charge in [0.2, 0.25) is 0 Å². The molecule has 0 fully saturated rings. The number of aromatic nitrogens is 2. The van der Waals surface area contributed by atoms with E-state index < -0.39 is 23.2 Å². The van der Waals surface area contributed by atoms with E-state index in [-0.39, 0.29) is 12.2 Å². The number of benzene rings is 1. The number of anilines is 1. The zero-order valence-electron chi connectivity index (χ0n) is 11.7. The lowest BCUT2D eigenvalue weighted by Crippen LogP contribution is -2.07. The number of hydrogen-bond acceptors (Lipinski definition) is 3. The summed E-state index contributed by atoms with van der Waals surface area (Å²) < 4.78 is 28.6. The average Bonchev–Trinajstić information content (AvgIpc) is 2.77. The molecule has 0 radical (unpaired) electrons. The summed E-state index contributed by atoms with van der Waals surface area (Å²) in [4.78, 5) is 10.9. The molecular formula is C14H15F2N3O2. The molecule has 21 heavy (non-hydrogen) atoms. The number of carbonyl (C=O) groups is 1. The number of nitrogens with zero attached hydrogens (tertiary/aromatic N) is 2. The summed E-state index contributed by atoms with van der Waals surface area (Å²) in [7, 11) is 1.78. The van der Waals surface area contributed by atoms with Gasteiger partial charge in [-0.2, -0.15) is 5.10 Å². The molecule has 0 unspecified atom stereocenters. The number of nitrogens with one attached hydrogen (secondary N) is 1. The van der Waals surface area contributed by atoms with Crippen LogP contribution in [-0.2, 0) is 20.0 Å². The molecule has 1 aromatic heterocycles. The van der Waals surface area contributed by atoms with Crippen LogP contribution in [-0.4, -0.2) is 20.9 Å². The van der Waals surface area contributed by atoms with Gasteiger partial charge in [0.05, 0.1) is 16.9 Å². The van der Waals surface area contributed by atoms with Crippen molar-refractivity contribution < 1.29 is 18.7 Å². The molecule has 1 aromatic carbocycles. The second-order valence-electron chi connectivity index (χ2n) is 4.60. The molecule has 0 spiro atoms. The Morgan fingerprint density at radius 1 is 1.38 bits per heavy atom. The molecular weight excluding hydrogens is 280 g/mol. The van der Waals surface area contributed by atoms with E-state index in [9.17, 15) is 13.6 Å². The Kier molecular flexibility index (Phi) is 4.21. The highest BCUT2D eigenvalue weighted by atomic mass is 19.1. The zero-order chi connectivity index (χ0) is 15.6. The van der Waals surface area contributed by atoms with Gasteiger partial charge in [0, 0.05) is 31.4 Å². The lowest BCUT2D eigenvalue weighted by Gasteiger charge is -2.09. The van der Waals surface area contributed by atoms with Crippen molar-refractivity contribution in [1.82, 2.24) is 9.78 Å². The molecule has 0 saturated carbocycles. The fourth-order valence-electron chi connectivity index (χ4n) is 2.07. The summed E-state index contributed by atoms with van der Waals surface area (Å²) in [6, 6.07) is 1.52. The van der Waals surface area contributed by atoms with Gasteiger partial charge < -0.3 is 10.4 Å². The fraction of sp³-hybridized carbons (Fsp3) is 0.286. The second-order valence-corrected chi connectivity index (χ2v) is 4.60. The van der Waals surface area contributed by atoms with Crippen molar-refractivity contribution in [1.29, 1.82) is 0 Å². The third-order valence-corrected chi connectivity index (χ3v) is 3.08. The van der Waals surface area contributed by atoms with Crippen LogP contribution in [0.4, 0.5) is 14.5 Å². The highest BCUT2D eigenvalue weighted by Crippen LogP contribution is 2.21. The molecule has 0 aliphatic carbocycles. The molecule has 7 heteroatoms. The SMILES string of the molecule is CCc1nn(C)cc1CNc1cc(C(=O)O)c(F)cc1F. The van der Waals surface area contributed by atoms with Gasteiger partial charge in [-0.1, -0.05) is 6.92 Å². The van der Waals surface area contributed by atoms with Crippen LogP contribution in [0, 0.1) is 11.6 Å². The van der Waals surface area contributed by atoms with Crippen LogP contribution in [0.5, 0.6) is 0 Å². The monoisotopic (exact) mass is 295 g/mol. The summed E-state index contributed by atoms with van der Waals surface area (Å²) in [5, 5.41) is 15.9. The molecule has 2 rings (SSSR count). The molecule has 0 aliphatic rings. The molecule has 2 aromatic rings. The Morgan fingerprint density at radius 2 is 2.10 bits per heavy atom. The lowest BCUT2D eigenvalue weighted by atomic mass is 10.1. The summed E-state index contributed by atoms with van der Waals surface area (Å²) in [5.74, 6) is -3.37. The highest BCUT2D eigenvalue weighted by molar-refractivity contribution is 5.89. The van der Waals surface area contributed by atoms with Crippen LogP contribution in [0.15, 0.2) is 18.3 Å². The predicted molar refractivity (Wildman–Crippen MR) is 73.2 cm³/mol. The summed E-state index contributed by atoms with van der Waals surface area (Å²) in [5.41, 5.74) is 1.12. The second kappa shape index (κ2) is 5.90. The first kappa shape index (κ1) is 15.0. The molecule has 0 saturated heterocycles. The van der Waals surface area contributed by atoms with Gasteiger partial charge in [0.25, 0.3) is 0 Å². The van der Waals surface area contributed by atoms with Crippen molar-refractivity contribution in [3.63, 3.8) is 0 Å². The van der Waals surface area contributed by atoms with Gasteiger partial charge in [0.15, 0.2) is 0 Å². The van der Waals surface area contributed by atoms with Crippen LogP contribution in [0.1, 0.15) is 28.5 Å². The van der Waals surface area contributed by atoms with E-state index in [0.717, 1.165) is 23.7 Å². The van der Waals surface area contributed by atoms with Crippen LogP contribution < -0.4 is 5.32 Å². The Morgan fingerprint density at radius 3 is 2.71 bits per heavy atom. The number of hydrogen-bond donors (Lipinski definition) is 2. The third kappa shape index (κ3) is 3.18. The van der Waals surface area contributed by atoms with Crippen molar-refractivity contribution in [2.45, 2.75) is 19.9 Å².